The number of hydrogen-bond acceptors (Lipinski definition) is 5. The van der Waals surface area contributed by atoms with Crippen molar-refractivity contribution in [2.45, 2.75) is 19.1 Å². The van der Waals surface area contributed by atoms with Crippen molar-refractivity contribution in [1.29, 1.82) is 0 Å². The van der Waals surface area contributed by atoms with E-state index in [0.717, 1.165) is 17.5 Å². The number of alkyl halides is 3. The number of anilines is 2. The van der Waals surface area contributed by atoms with Gasteiger partial charge in [-0.05, 0) is 5.56 Å². The van der Waals surface area contributed by atoms with Crippen LogP contribution in [0.15, 0.2) is 48.8 Å². The van der Waals surface area contributed by atoms with Crippen LogP contribution in [-0.4, -0.2) is 40.2 Å². The highest BCUT2D eigenvalue weighted by molar-refractivity contribution is 5.44. The average Bonchev–Trinajstić information content (AvgIpc) is 3.08. The lowest BCUT2D eigenvalue weighted by atomic mass is 10.2. The third-order valence-electron chi connectivity index (χ3n) is 4.09. The molecule has 0 amide bonds. The van der Waals surface area contributed by atoms with Gasteiger partial charge in [0.1, 0.15) is 11.6 Å². The molecular weight excluding hydrogens is 369 g/mol. The van der Waals surface area contributed by atoms with Crippen LogP contribution in [0.5, 0.6) is 0 Å². The molecule has 148 valence electrons. The van der Waals surface area contributed by atoms with Gasteiger partial charge in [-0.25, -0.2) is 9.97 Å². The van der Waals surface area contributed by atoms with Gasteiger partial charge >= 0.3 is 6.18 Å². The molecule has 0 aliphatic rings. The second-order valence-corrected chi connectivity index (χ2v) is 6.46. The Balaban J connectivity index is 1.67. The van der Waals surface area contributed by atoms with Crippen molar-refractivity contribution in [1.82, 2.24) is 19.5 Å². The first kappa shape index (κ1) is 19.7. The summed E-state index contributed by atoms with van der Waals surface area (Å²) in [6, 6.07) is 10.9. The monoisotopic (exact) mass is 390 g/mol. The number of aromatic nitrogens is 4. The molecule has 2 heterocycles. The van der Waals surface area contributed by atoms with Crippen LogP contribution in [0.25, 0.3) is 0 Å². The smallest absolute Gasteiger partial charge is 0.363 e. The van der Waals surface area contributed by atoms with Crippen LogP contribution in [0.4, 0.5) is 24.9 Å². The first-order chi connectivity index (χ1) is 13.3. The molecule has 0 aliphatic heterocycles. The summed E-state index contributed by atoms with van der Waals surface area (Å²) < 4.78 is 41.2. The van der Waals surface area contributed by atoms with Gasteiger partial charge in [0.15, 0.2) is 5.69 Å². The van der Waals surface area contributed by atoms with Crippen LogP contribution >= 0.6 is 0 Å². The SMILES string of the molecule is CN(C)c1cc(C(F)(F)F)nc(NCCc2nccn2Cc2ccccc2)n1. The summed E-state index contributed by atoms with van der Waals surface area (Å²) in [5.74, 6) is 0.964. The Hall–Kier alpha value is -3.10. The minimum absolute atomic E-state index is 0.0558. The Kier molecular flexibility index (Phi) is 5.81. The number of benzene rings is 1. The number of imidazole rings is 1. The minimum atomic E-state index is -4.53. The van der Waals surface area contributed by atoms with Gasteiger partial charge in [0.25, 0.3) is 0 Å². The number of halogens is 3. The fourth-order valence-electron chi connectivity index (χ4n) is 2.67. The van der Waals surface area contributed by atoms with Gasteiger partial charge in [-0.1, -0.05) is 30.3 Å². The van der Waals surface area contributed by atoms with Crippen LogP contribution in [0.1, 0.15) is 17.1 Å². The average molecular weight is 390 g/mol. The zero-order valence-corrected chi connectivity index (χ0v) is 15.6. The van der Waals surface area contributed by atoms with Crippen LogP contribution < -0.4 is 10.2 Å². The van der Waals surface area contributed by atoms with Gasteiger partial charge in [0.05, 0.1) is 0 Å². The third kappa shape index (κ3) is 4.99. The second-order valence-electron chi connectivity index (χ2n) is 6.46. The summed E-state index contributed by atoms with van der Waals surface area (Å²) in [6.45, 7) is 1.04. The lowest BCUT2D eigenvalue weighted by Crippen LogP contribution is -2.18. The van der Waals surface area contributed by atoms with Crippen molar-refractivity contribution in [3.8, 4) is 0 Å². The third-order valence-corrected chi connectivity index (χ3v) is 4.09. The predicted octanol–water partition coefficient (Wildman–Crippen LogP) is 3.46. The van der Waals surface area contributed by atoms with Gasteiger partial charge in [0.2, 0.25) is 5.95 Å². The molecule has 0 aliphatic carbocycles. The van der Waals surface area contributed by atoms with Crippen molar-refractivity contribution in [2.24, 2.45) is 0 Å². The Labute approximate surface area is 161 Å². The van der Waals surface area contributed by atoms with E-state index in [4.69, 9.17) is 0 Å². The molecule has 6 nitrogen and oxygen atoms in total. The number of nitrogens with zero attached hydrogens (tertiary/aromatic N) is 5. The summed E-state index contributed by atoms with van der Waals surface area (Å²) in [5.41, 5.74) is 0.172. The molecule has 1 aromatic carbocycles. The van der Waals surface area contributed by atoms with Crippen molar-refractivity contribution in [3.05, 3.63) is 65.9 Å². The normalized spacial score (nSPS) is 11.5. The van der Waals surface area contributed by atoms with Gasteiger partial charge in [-0.15, -0.1) is 0 Å². The molecule has 0 bridgehead atoms. The topological polar surface area (TPSA) is 58.9 Å². The van der Waals surface area contributed by atoms with E-state index >= 15 is 0 Å². The maximum atomic E-state index is 13.1. The second kappa shape index (κ2) is 8.28. The molecule has 0 saturated carbocycles. The molecule has 3 rings (SSSR count). The highest BCUT2D eigenvalue weighted by atomic mass is 19.4. The van der Waals surface area contributed by atoms with Gasteiger partial charge < -0.3 is 14.8 Å². The lowest BCUT2D eigenvalue weighted by Gasteiger charge is -2.16. The Bertz CT molecular complexity index is 906. The van der Waals surface area contributed by atoms with Crippen LogP contribution in [0.3, 0.4) is 0 Å². The molecule has 28 heavy (non-hydrogen) atoms. The van der Waals surface area contributed by atoms with Gasteiger partial charge in [-0.2, -0.15) is 18.2 Å². The van der Waals surface area contributed by atoms with E-state index < -0.39 is 11.9 Å². The summed E-state index contributed by atoms with van der Waals surface area (Å²) in [5, 5.41) is 2.88. The number of rotatable bonds is 7. The molecule has 2 aromatic heterocycles. The predicted molar refractivity (Wildman–Crippen MR) is 101 cm³/mol. The molecule has 0 radical (unpaired) electrons. The highest BCUT2D eigenvalue weighted by Gasteiger charge is 2.34. The molecule has 0 unspecified atom stereocenters. The standard InChI is InChI=1S/C19H21F3N6/c1-27(2)17-12-15(19(20,21)22)25-18(26-17)24-9-8-16-23-10-11-28(16)13-14-6-4-3-5-7-14/h3-7,10-12H,8-9,13H2,1-2H3,(H,24,25,26). The lowest BCUT2D eigenvalue weighted by molar-refractivity contribution is -0.141. The summed E-state index contributed by atoms with van der Waals surface area (Å²) >= 11 is 0. The van der Waals surface area contributed by atoms with Gasteiger partial charge in [-0.3, -0.25) is 0 Å². The molecule has 0 spiro atoms. The number of hydrogen-bond donors (Lipinski definition) is 1. The first-order valence-corrected chi connectivity index (χ1v) is 8.74. The van der Waals surface area contributed by atoms with Crippen molar-refractivity contribution in [3.63, 3.8) is 0 Å². The fourth-order valence-corrected chi connectivity index (χ4v) is 2.67. The van der Waals surface area contributed by atoms with Gasteiger partial charge in [0, 0.05) is 52.1 Å². The Morgan fingerprint density at radius 2 is 1.86 bits per heavy atom. The molecule has 0 fully saturated rings. The van der Waals surface area contributed by atoms with Crippen LogP contribution in [0.2, 0.25) is 0 Å². The van der Waals surface area contributed by atoms with E-state index in [-0.39, 0.29) is 11.8 Å². The molecule has 0 atom stereocenters. The van der Waals surface area contributed by atoms with Crippen LogP contribution in [0, 0.1) is 0 Å². The van der Waals surface area contributed by atoms with E-state index in [1.165, 1.54) is 4.90 Å². The van der Waals surface area contributed by atoms with Crippen molar-refractivity contribution in [2.75, 3.05) is 30.9 Å². The number of nitrogens with one attached hydrogen (secondary N) is 1. The first-order valence-electron chi connectivity index (χ1n) is 8.74. The molecule has 0 saturated heterocycles. The maximum Gasteiger partial charge on any atom is 0.433 e. The Morgan fingerprint density at radius 1 is 1.11 bits per heavy atom. The van der Waals surface area contributed by atoms with E-state index in [9.17, 15) is 13.2 Å². The summed E-state index contributed by atoms with van der Waals surface area (Å²) in [6.07, 6.45) is -0.413. The molecule has 3 aromatic rings. The highest BCUT2D eigenvalue weighted by Crippen LogP contribution is 2.30. The molecule has 1 N–H and O–H groups in total. The van der Waals surface area contributed by atoms with E-state index in [2.05, 4.69) is 20.3 Å². The van der Waals surface area contributed by atoms with Crippen molar-refractivity contribution < 1.29 is 13.2 Å². The largest absolute Gasteiger partial charge is 0.433 e. The van der Waals surface area contributed by atoms with E-state index in [0.29, 0.717) is 19.5 Å². The summed E-state index contributed by atoms with van der Waals surface area (Å²) in [4.78, 5) is 13.6. The molecule has 9 heteroatoms. The summed E-state index contributed by atoms with van der Waals surface area (Å²) in [7, 11) is 3.26. The fraction of sp³-hybridized carbons (Fsp3) is 0.316. The minimum Gasteiger partial charge on any atom is -0.363 e. The molecular formula is C19H21F3N6. The quantitative estimate of drug-likeness (QED) is 0.670. The van der Waals surface area contributed by atoms with E-state index in [1.54, 1.807) is 20.3 Å². The Morgan fingerprint density at radius 3 is 2.54 bits per heavy atom. The zero-order chi connectivity index (χ0) is 20.1. The maximum absolute atomic E-state index is 13.1. The van der Waals surface area contributed by atoms with E-state index in [1.807, 2.05) is 41.1 Å². The van der Waals surface area contributed by atoms with Crippen LogP contribution in [-0.2, 0) is 19.1 Å². The van der Waals surface area contributed by atoms with Crippen molar-refractivity contribution >= 4 is 11.8 Å². The zero-order valence-electron chi connectivity index (χ0n) is 15.6.